The number of ether oxygens (including phenoxy) is 3. The Morgan fingerprint density at radius 2 is 2.02 bits per heavy atom. The van der Waals surface area contributed by atoms with Crippen LogP contribution in [0.2, 0.25) is 5.02 Å². The Hall–Kier alpha value is -3.64. The lowest BCUT2D eigenvalue weighted by atomic mass is 9.68. The van der Waals surface area contributed by atoms with E-state index in [2.05, 4.69) is 38.3 Å². The number of hydrogen-bond acceptors (Lipinski definition) is 7. The first-order valence-corrected chi connectivity index (χ1v) is 20.9. The molecule has 3 aromatic rings. The number of benzene rings is 2. The molecule has 1 saturated carbocycles. The lowest BCUT2D eigenvalue weighted by molar-refractivity contribution is 0.0131. The maximum atomic E-state index is 15.0. The van der Waals surface area contributed by atoms with E-state index in [0.717, 1.165) is 55.1 Å². The summed E-state index contributed by atoms with van der Waals surface area (Å²) < 4.78 is 42.4. The van der Waals surface area contributed by atoms with Gasteiger partial charge in [0.05, 0.1) is 42.4 Å². The summed E-state index contributed by atoms with van der Waals surface area (Å²) in [5, 5.41) is 0.0942. The molecule has 282 valence electrons. The zero-order valence-electron chi connectivity index (χ0n) is 30.7. The second-order valence-corrected chi connectivity index (χ2v) is 18.4. The molecular formula is C41H49ClN4O6S. The average molecular weight is 761 g/mol. The molecule has 53 heavy (non-hydrogen) atoms. The quantitative estimate of drug-likeness (QED) is 0.283. The number of fused-ring (bicyclic) bond motifs is 5. The first-order chi connectivity index (χ1) is 25.6. The summed E-state index contributed by atoms with van der Waals surface area (Å²) >= 11 is 6.47. The van der Waals surface area contributed by atoms with Gasteiger partial charge in [0, 0.05) is 54.6 Å². The van der Waals surface area contributed by atoms with Crippen LogP contribution in [0.4, 0.5) is 5.69 Å². The molecule has 2 aromatic carbocycles. The molecule has 7 unspecified atom stereocenters. The number of aryl methyl sites for hydroxylation is 1. The van der Waals surface area contributed by atoms with E-state index in [-0.39, 0.29) is 17.4 Å². The summed E-state index contributed by atoms with van der Waals surface area (Å²) in [4.78, 5) is 30.3. The van der Waals surface area contributed by atoms with Gasteiger partial charge in [0.25, 0.3) is 11.8 Å². The summed E-state index contributed by atoms with van der Waals surface area (Å²) in [6.07, 6.45) is 11.6. The Morgan fingerprint density at radius 1 is 1.15 bits per heavy atom. The molecule has 0 radical (unpaired) electrons. The third-order valence-corrected chi connectivity index (χ3v) is 15.1. The highest BCUT2D eigenvalue weighted by Gasteiger charge is 2.44. The van der Waals surface area contributed by atoms with E-state index in [1.807, 2.05) is 29.7 Å². The molecule has 5 aliphatic rings. The van der Waals surface area contributed by atoms with Crippen molar-refractivity contribution in [3.63, 3.8) is 0 Å². The minimum atomic E-state index is -3.61. The number of aromatic nitrogens is 1. The molecule has 3 aliphatic heterocycles. The molecule has 7 atom stereocenters. The van der Waals surface area contributed by atoms with E-state index in [1.54, 1.807) is 32.4 Å². The lowest BCUT2D eigenvalue weighted by Gasteiger charge is -2.46. The van der Waals surface area contributed by atoms with Crippen molar-refractivity contribution in [1.29, 1.82) is 0 Å². The molecule has 12 heteroatoms. The monoisotopic (exact) mass is 760 g/mol. The van der Waals surface area contributed by atoms with Crippen molar-refractivity contribution < 1.29 is 28.0 Å². The van der Waals surface area contributed by atoms with Gasteiger partial charge in [-0.2, -0.15) is 0 Å². The highest BCUT2D eigenvalue weighted by atomic mass is 35.5. The third-order valence-electron chi connectivity index (χ3n) is 12.5. The first-order valence-electron chi connectivity index (χ1n) is 19.0. The molecule has 8 rings (SSSR count). The number of carbonyl (C=O) groups excluding carboxylic acids is 2. The van der Waals surface area contributed by atoms with E-state index < -0.39 is 27.0 Å². The van der Waals surface area contributed by atoms with Crippen molar-refractivity contribution in [1.82, 2.24) is 9.29 Å². The normalized spacial score (nSPS) is 31.8. The smallest absolute Gasteiger partial charge is 0.286 e. The van der Waals surface area contributed by atoms with Gasteiger partial charge in [-0.1, -0.05) is 36.7 Å². The van der Waals surface area contributed by atoms with Crippen molar-refractivity contribution in [2.24, 2.45) is 22.1 Å². The third kappa shape index (κ3) is 6.94. The van der Waals surface area contributed by atoms with Crippen LogP contribution in [0.1, 0.15) is 83.5 Å². The van der Waals surface area contributed by atoms with Crippen molar-refractivity contribution in [2.45, 2.75) is 82.3 Å². The summed E-state index contributed by atoms with van der Waals surface area (Å²) in [5.74, 6) is 0.0804. The topological polar surface area (TPSA) is 111 Å². The van der Waals surface area contributed by atoms with E-state index in [9.17, 15) is 13.8 Å². The minimum Gasteiger partial charge on any atom is -0.490 e. The maximum Gasteiger partial charge on any atom is 0.286 e. The van der Waals surface area contributed by atoms with Crippen LogP contribution in [0, 0.1) is 17.8 Å². The van der Waals surface area contributed by atoms with Crippen LogP contribution >= 0.6 is 11.6 Å². The van der Waals surface area contributed by atoms with Gasteiger partial charge in [-0.3, -0.25) is 14.3 Å². The second kappa shape index (κ2) is 14.5. The standard InChI is InChI=1S/C41H49ClN4O6S/c1-26-6-4-8-37(50-3)34-12-9-30(34)21-46-24-41(15-5-7-28-18-32(42)11-13-35(28)41)25-52-38-14-10-29(20-36(38)46)39(47)43-53(49,27(26)2)44-40(48)31-19-33-23-51-17-16-45(33)22-31/h4,8,10-11,13-14,18-20,22,26-27,30,34,37H,5-7,9,12,15-17,21,23-25H2,1-3H3,(H,43,44,47,48,49)/b8-4+. The van der Waals surface area contributed by atoms with Crippen LogP contribution in [-0.2, 0) is 44.4 Å². The zero-order chi connectivity index (χ0) is 36.9. The average Bonchev–Trinajstić information content (AvgIpc) is 3.52. The van der Waals surface area contributed by atoms with Crippen LogP contribution in [-0.4, -0.2) is 65.4 Å². The van der Waals surface area contributed by atoms with Crippen molar-refractivity contribution in [2.75, 3.05) is 38.3 Å². The molecule has 4 heterocycles. The maximum absolute atomic E-state index is 15.0. The van der Waals surface area contributed by atoms with Crippen molar-refractivity contribution >= 4 is 39.0 Å². The van der Waals surface area contributed by atoms with Gasteiger partial charge in [-0.05, 0) is 111 Å². The van der Waals surface area contributed by atoms with Crippen LogP contribution in [0.25, 0.3) is 0 Å². The molecular weight excluding hydrogens is 712 g/mol. The van der Waals surface area contributed by atoms with E-state index in [4.69, 9.17) is 25.8 Å². The number of nitrogens with zero attached hydrogens (tertiary/aromatic N) is 3. The van der Waals surface area contributed by atoms with Crippen LogP contribution in [0.5, 0.6) is 5.75 Å². The van der Waals surface area contributed by atoms with Crippen molar-refractivity contribution in [3.8, 4) is 5.75 Å². The number of anilines is 1. The second-order valence-electron chi connectivity index (χ2n) is 15.7. The van der Waals surface area contributed by atoms with Crippen LogP contribution in [0.15, 0.2) is 65.2 Å². The number of methoxy groups -OCH3 is 1. The molecule has 1 spiro atoms. The molecule has 2 aliphatic carbocycles. The Morgan fingerprint density at radius 3 is 2.81 bits per heavy atom. The summed E-state index contributed by atoms with van der Waals surface area (Å²) in [7, 11) is -1.83. The number of allylic oxidation sites excluding steroid dienone is 1. The van der Waals surface area contributed by atoms with Gasteiger partial charge in [-0.15, -0.1) is 4.36 Å². The lowest BCUT2D eigenvalue weighted by Crippen LogP contribution is -2.49. The molecule has 10 nitrogen and oxygen atoms in total. The van der Waals surface area contributed by atoms with Gasteiger partial charge in [0.15, 0.2) is 0 Å². The van der Waals surface area contributed by atoms with Crippen LogP contribution in [0.3, 0.4) is 0 Å². The molecule has 1 fully saturated rings. The van der Waals surface area contributed by atoms with Gasteiger partial charge in [-0.25, -0.2) is 4.21 Å². The predicted octanol–water partition coefficient (Wildman–Crippen LogP) is 7.12. The van der Waals surface area contributed by atoms with E-state index >= 15 is 0 Å². The number of nitrogens with one attached hydrogen (secondary N) is 1. The van der Waals surface area contributed by atoms with Crippen molar-refractivity contribution in [3.05, 3.63) is 93.8 Å². The fourth-order valence-electron chi connectivity index (χ4n) is 9.03. The molecule has 0 saturated heterocycles. The molecule has 2 amide bonds. The number of halogens is 1. The summed E-state index contributed by atoms with van der Waals surface area (Å²) in [6.45, 7) is 7.37. The van der Waals surface area contributed by atoms with E-state index in [0.29, 0.717) is 68.0 Å². The number of carbonyl (C=O) groups is 2. The van der Waals surface area contributed by atoms with Gasteiger partial charge < -0.3 is 23.7 Å². The summed E-state index contributed by atoms with van der Waals surface area (Å²) in [5.41, 5.74) is 4.63. The fourth-order valence-corrected chi connectivity index (χ4v) is 11.1. The first kappa shape index (κ1) is 36.3. The fraction of sp³-hybridized carbons (Fsp3) is 0.512. The molecule has 1 aromatic heterocycles. The number of amides is 2. The van der Waals surface area contributed by atoms with E-state index in [1.165, 1.54) is 11.1 Å². The van der Waals surface area contributed by atoms with Gasteiger partial charge in [0.2, 0.25) is 0 Å². The van der Waals surface area contributed by atoms with Gasteiger partial charge in [0.1, 0.15) is 15.7 Å². The highest BCUT2D eigenvalue weighted by Crippen LogP contribution is 2.47. The Balaban J connectivity index is 1.20. The SMILES string of the molecule is COC1/C=C/CC(C)C(C)S(=O)(NC(=O)c2cc3n(c2)CCOC3)=NC(=O)c2ccc3c(c2)N(CC2CCC21)CC1(CCCc2cc(Cl)ccc21)CO3. The Kier molecular flexibility index (Phi) is 9.97. The Labute approximate surface area is 317 Å². The molecule has 1 N–H and O–H groups in total. The van der Waals surface area contributed by atoms with Gasteiger partial charge >= 0.3 is 0 Å². The molecule has 2 bridgehead atoms. The predicted molar refractivity (Wildman–Crippen MR) is 206 cm³/mol. The highest BCUT2D eigenvalue weighted by molar-refractivity contribution is 7.93. The summed E-state index contributed by atoms with van der Waals surface area (Å²) in [6, 6.07) is 13.4. The minimum absolute atomic E-state index is 0.0649. The van der Waals surface area contributed by atoms with Crippen LogP contribution < -0.4 is 14.4 Å². The number of rotatable bonds is 3. The Bertz CT molecular complexity index is 2050. The largest absolute Gasteiger partial charge is 0.490 e. The number of hydrogen-bond donors (Lipinski definition) is 1. The zero-order valence-corrected chi connectivity index (χ0v) is 32.3.